The minimum absolute atomic E-state index is 0.255. The lowest BCUT2D eigenvalue weighted by atomic mass is 9.83. The van der Waals surface area contributed by atoms with E-state index in [-0.39, 0.29) is 6.54 Å². The highest BCUT2D eigenvalue weighted by Crippen LogP contribution is 2.28. The molecule has 0 aromatic carbocycles. The summed E-state index contributed by atoms with van der Waals surface area (Å²) >= 11 is 0. The van der Waals surface area contributed by atoms with Crippen molar-refractivity contribution in [2.45, 2.75) is 43.0 Å². The Morgan fingerprint density at radius 3 is 2.39 bits per heavy atom. The highest BCUT2D eigenvalue weighted by atomic mass is 16.6. The molecule has 2 aliphatic heterocycles. The highest BCUT2D eigenvalue weighted by Gasteiger charge is 2.53. The number of aliphatic hydroxyl groups is 4. The van der Waals surface area contributed by atoms with Crippen LogP contribution < -0.4 is 5.73 Å². The van der Waals surface area contributed by atoms with Crippen LogP contribution in [0.2, 0.25) is 0 Å². The molecule has 7 nitrogen and oxygen atoms in total. The molecule has 2 heterocycles. The third kappa shape index (κ3) is 2.39. The van der Waals surface area contributed by atoms with Crippen molar-refractivity contribution in [1.29, 1.82) is 0 Å². The van der Waals surface area contributed by atoms with Crippen LogP contribution in [0.5, 0.6) is 0 Å². The summed E-state index contributed by atoms with van der Waals surface area (Å²) in [5, 5.41) is 38.8. The summed E-state index contributed by atoms with van der Waals surface area (Å²) in [5.74, 6) is 0. The normalized spacial score (nSPS) is 46.5. The quantitative estimate of drug-likeness (QED) is 0.373. The van der Waals surface area contributed by atoms with Crippen LogP contribution >= 0.6 is 0 Å². The molecule has 0 spiro atoms. The lowest BCUT2D eigenvalue weighted by Crippen LogP contribution is -2.74. The Labute approximate surface area is 106 Å². The van der Waals surface area contributed by atoms with Crippen molar-refractivity contribution in [2.75, 3.05) is 26.2 Å². The molecule has 6 N–H and O–H groups in total. The zero-order chi connectivity index (χ0) is 13.3. The second-order valence-electron chi connectivity index (χ2n) is 5.24. The topological polar surface area (TPSA) is 119 Å². The molecule has 2 saturated heterocycles. The first-order valence-electron chi connectivity index (χ1n) is 6.31. The van der Waals surface area contributed by atoms with Crippen molar-refractivity contribution < 1.29 is 25.2 Å². The molecule has 0 aromatic rings. The molecule has 0 saturated carbocycles. The Balaban J connectivity index is 2.09. The van der Waals surface area contributed by atoms with Crippen LogP contribution in [0, 0.1) is 0 Å². The monoisotopic (exact) mass is 262 g/mol. The van der Waals surface area contributed by atoms with Gasteiger partial charge in [0.1, 0.15) is 23.9 Å². The van der Waals surface area contributed by atoms with Crippen LogP contribution in [0.1, 0.15) is 12.8 Å². The molecule has 5 atom stereocenters. The Morgan fingerprint density at radius 2 is 1.83 bits per heavy atom. The molecule has 0 aromatic heterocycles. The third-order valence-electron chi connectivity index (χ3n) is 3.89. The van der Waals surface area contributed by atoms with Gasteiger partial charge >= 0.3 is 0 Å². The predicted octanol–water partition coefficient (Wildman–Crippen LogP) is -2.79. The average molecular weight is 262 g/mol. The standard InChI is InChI=1S/C11H22N2O5/c12-11(6-13-3-1-2-4-13)9(16)8(15)7(5-14)18-10(11)17/h7-10,14-17H,1-6,12H2/t7-,8-,9+,10-,11-/m1/s1. The maximum absolute atomic E-state index is 10.1. The van der Waals surface area contributed by atoms with Gasteiger partial charge in [0.2, 0.25) is 0 Å². The summed E-state index contributed by atoms with van der Waals surface area (Å²) in [5.41, 5.74) is 4.59. The minimum Gasteiger partial charge on any atom is -0.394 e. The molecule has 0 unspecified atom stereocenters. The van der Waals surface area contributed by atoms with Gasteiger partial charge in [0.05, 0.1) is 6.61 Å². The van der Waals surface area contributed by atoms with Gasteiger partial charge in [-0.1, -0.05) is 0 Å². The van der Waals surface area contributed by atoms with Crippen molar-refractivity contribution in [1.82, 2.24) is 4.90 Å². The van der Waals surface area contributed by atoms with Gasteiger partial charge in [0.25, 0.3) is 0 Å². The number of nitrogens with zero attached hydrogens (tertiary/aromatic N) is 1. The van der Waals surface area contributed by atoms with Crippen molar-refractivity contribution in [3.05, 3.63) is 0 Å². The van der Waals surface area contributed by atoms with Crippen molar-refractivity contribution in [3.63, 3.8) is 0 Å². The summed E-state index contributed by atoms with van der Waals surface area (Å²) in [6.07, 6.45) is -2.93. The van der Waals surface area contributed by atoms with Crippen LogP contribution in [-0.2, 0) is 4.74 Å². The maximum Gasteiger partial charge on any atom is 0.177 e. The van der Waals surface area contributed by atoms with Gasteiger partial charge in [0.15, 0.2) is 6.29 Å². The zero-order valence-corrected chi connectivity index (χ0v) is 10.3. The third-order valence-corrected chi connectivity index (χ3v) is 3.89. The number of ether oxygens (including phenoxy) is 1. The van der Waals surface area contributed by atoms with E-state index in [2.05, 4.69) is 0 Å². The Kier molecular flexibility index (Phi) is 4.22. The minimum atomic E-state index is -1.44. The van der Waals surface area contributed by atoms with E-state index in [4.69, 9.17) is 15.6 Å². The van der Waals surface area contributed by atoms with Gasteiger partial charge in [-0.25, -0.2) is 0 Å². The molecule has 0 radical (unpaired) electrons. The molecular weight excluding hydrogens is 240 g/mol. The van der Waals surface area contributed by atoms with E-state index in [0.717, 1.165) is 25.9 Å². The van der Waals surface area contributed by atoms with E-state index >= 15 is 0 Å². The largest absolute Gasteiger partial charge is 0.394 e. The van der Waals surface area contributed by atoms with E-state index in [1.54, 1.807) is 0 Å². The summed E-state index contributed by atoms with van der Waals surface area (Å²) in [6.45, 7) is 1.50. The zero-order valence-electron chi connectivity index (χ0n) is 10.3. The molecule has 0 bridgehead atoms. The summed E-state index contributed by atoms with van der Waals surface area (Å²) in [6, 6.07) is 0. The fourth-order valence-corrected chi connectivity index (χ4v) is 2.69. The summed E-state index contributed by atoms with van der Waals surface area (Å²) in [7, 11) is 0. The lowest BCUT2D eigenvalue weighted by molar-refractivity contribution is -0.279. The second-order valence-corrected chi connectivity index (χ2v) is 5.24. The summed E-state index contributed by atoms with van der Waals surface area (Å²) in [4.78, 5) is 2.03. The van der Waals surface area contributed by atoms with Crippen molar-refractivity contribution in [2.24, 2.45) is 5.73 Å². The van der Waals surface area contributed by atoms with Gasteiger partial charge in [-0.15, -0.1) is 0 Å². The van der Waals surface area contributed by atoms with Crippen LogP contribution in [0.3, 0.4) is 0 Å². The molecule has 0 amide bonds. The molecule has 2 rings (SSSR count). The van der Waals surface area contributed by atoms with E-state index in [1.807, 2.05) is 4.90 Å². The van der Waals surface area contributed by atoms with Gasteiger partial charge in [0, 0.05) is 6.54 Å². The second kappa shape index (κ2) is 5.38. The van der Waals surface area contributed by atoms with Crippen LogP contribution in [0.4, 0.5) is 0 Å². The fraction of sp³-hybridized carbons (Fsp3) is 1.00. The highest BCUT2D eigenvalue weighted by molar-refractivity contribution is 5.05. The van der Waals surface area contributed by atoms with Crippen LogP contribution in [0.25, 0.3) is 0 Å². The number of rotatable bonds is 3. The number of nitrogens with two attached hydrogens (primary N) is 1. The first-order chi connectivity index (χ1) is 8.49. The van der Waals surface area contributed by atoms with E-state index in [0.29, 0.717) is 0 Å². The van der Waals surface area contributed by atoms with Crippen LogP contribution in [-0.4, -0.2) is 81.7 Å². The first-order valence-corrected chi connectivity index (χ1v) is 6.31. The molecule has 18 heavy (non-hydrogen) atoms. The van der Waals surface area contributed by atoms with Gasteiger partial charge < -0.3 is 35.8 Å². The Bertz CT molecular complexity index is 287. The first kappa shape index (κ1) is 14.1. The Morgan fingerprint density at radius 1 is 1.22 bits per heavy atom. The van der Waals surface area contributed by atoms with Gasteiger partial charge in [-0.2, -0.15) is 0 Å². The molecule has 0 aliphatic carbocycles. The number of aliphatic hydroxyl groups excluding tert-OH is 4. The van der Waals surface area contributed by atoms with E-state index in [1.165, 1.54) is 0 Å². The fourth-order valence-electron chi connectivity index (χ4n) is 2.69. The smallest absolute Gasteiger partial charge is 0.177 e. The molecule has 2 aliphatic rings. The predicted molar refractivity (Wildman–Crippen MR) is 62.6 cm³/mol. The summed E-state index contributed by atoms with van der Waals surface area (Å²) < 4.78 is 5.09. The lowest BCUT2D eigenvalue weighted by Gasteiger charge is -2.48. The maximum atomic E-state index is 10.1. The van der Waals surface area contributed by atoms with Crippen LogP contribution in [0.15, 0.2) is 0 Å². The number of hydrogen-bond acceptors (Lipinski definition) is 7. The van der Waals surface area contributed by atoms with E-state index in [9.17, 15) is 15.3 Å². The average Bonchev–Trinajstić information content (AvgIpc) is 2.84. The van der Waals surface area contributed by atoms with Crippen molar-refractivity contribution in [3.8, 4) is 0 Å². The van der Waals surface area contributed by atoms with Crippen molar-refractivity contribution >= 4 is 0 Å². The van der Waals surface area contributed by atoms with Gasteiger partial charge in [-0.3, -0.25) is 0 Å². The van der Waals surface area contributed by atoms with E-state index < -0.39 is 36.7 Å². The number of hydrogen-bond donors (Lipinski definition) is 5. The molecule has 106 valence electrons. The molecule has 2 fully saturated rings. The molecular formula is C11H22N2O5. The van der Waals surface area contributed by atoms with Gasteiger partial charge in [-0.05, 0) is 25.9 Å². The SMILES string of the molecule is N[C@@]1(CN2CCCC2)[C@H](O)O[C@H](CO)[C@@H](O)[C@@H]1O. The number of likely N-dealkylation sites (tertiary alicyclic amines) is 1. The Hall–Kier alpha value is -0.280. The molecule has 7 heteroatoms.